The predicted molar refractivity (Wildman–Crippen MR) is 69.1 cm³/mol. The van der Waals surface area contributed by atoms with E-state index in [-0.39, 0.29) is 11.6 Å². The molecule has 0 spiro atoms. The van der Waals surface area contributed by atoms with Crippen molar-refractivity contribution in [2.45, 2.75) is 19.4 Å². The molecule has 5 N–H and O–H groups in total. The van der Waals surface area contributed by atoms with E-state index in [0.29, 0.717) is 25.9 Å². The molecule has 1 heterocycles. The first-order valence-electron chi connectivity index (χ1n) is 5.87. The lowest BCUT2D eigenvalue weighted by Gasteiger charge is -2.04. The van der Waals surface area contributed by atoms with Gasteiger partial charge in [-0.15, -0.1) is 0 Å². The highest BCUT2D eigenvalue weighted by atomic mass is 16.1. The molecule has 2 rings (SSSR count). The number of nitrogens with one attached hydrogen (secondary N) is 3. The maximum absolute atomic E-state index is 11.4. The van der Waals surface area contributed by atoms with Gasteiger partial charge in [0, 0.05) is 13.0 Å². The maximum Gasteiger partial charge on any atom is 0.323 e. The minimum absolute atomic E-state index is 0.0110. The fourth-order valence-electron chi connectivity index (χ4n) is 1.74. The Balaban J connectivity index is 1.99. The smallest absolute Gasteiger partial charge is 0.323 e. The van der Waals surface area contributed by atoms with E-state index in [9.17, 15) is 9.59 Å². The van der Waals surface area contributed by atoms with Crippen LogP contribution < -0.4 is 16.7 Å². The number of aromatic nitrogens is 2. The molecule has 1 amide bonds. The zero-order valence-electron chi connectivity index (χ0n) is 9.95. The third-order valence-corrected chi connectivity index (χ3v) is 2.68. The van der Waals surface area contributed by atoms with Gasteiger partial charge in [0.1, 0.15) is 0 Å². The van der Waals surface area contributed by atoms with Crippen LogP contribution in [0.15, 0.2) is 23.0 Å². The summed E-state index contributed by atoms with van der Waals surface area (Å²) in [5.41, 5.74) is 7.55. The van der Waals surface area contributed by atoms with Gasteiger partial charge < -0.3 is 21.0 Å². The number of amides is 1. The van der Waals surface area contributed by atoms with Crippen LogP contribution in [-0.4, -0.2) is 22.4 Å². The molecular weight excluding hydrogens is 232 g/mol. The van der Waals surface area contributed by atoms with E-state index in [1.165, 1.54) is 0 Å². The molecule has 0 unspecified atom stereocenters. The summed E-state index contributed by atoms with van der Waals surface area (Å²) >= 11 is 0. The van der Waals surface area contributed by atoms with Gasteiger partial charge in [-0.05, 0) is 30.7 Å². The summed E-state index contributed by atoms with van der Waals surface area (Å²) in [4.78, 5) is 27.9. The van der Waals surface area contributed by atoms with Crippen LogP contribution in [0.25, 0.3) is 11.0 Å². The molecule has 0 aliphatic carbocycles. The first kappa shape index (κ1) is 12.4. The SMILES string of the molecule is NCCCC(=O)NCc1ccc2[nH]c(=O)[nH]c2c1. The monoisotopic (exact) mass is 248 g/mol. The van der Waals surface area contributed by atoms with Crippen LogP contribution in [0, 0.1) is 0 Å². The Kier molecular flexibility index (Phi) is 3.78. The highest BCUT2D eigenvalue weighted by Crippen LogP contribution is 2.09. The second-order valence-electron chi connectivity index (χ2n) is 4.13. The molecule has 0 atom stereocenters. The fraction of sp³-hybridized carbons (Fsp3) is 0.333. The first-order chi connectivity index (χ1) is 8.69. The Bertz CT molecular complexity index is 599. The summed E-state index contributed by atoms with van der Waals surface area (Å²) < 4.78 is 0. The van der Waals surface area contributed by atoms with E-state index < -0.39 is 0 Å². The van der Waals surface area contributed by atoms with Gasteiger partial charge in [0.2, 0.25) is 5.91 Å². The number of rotatable bonds is 5. The van der Waals surface area contributed by atoms with Gasteiger partial charge in [0.15, 0.2) is 0 Å². The number of H-pyrrole nitrogens is 2. The molecule has 0 radical (unpaired) electrons. The normalized spacial score (nSPS) is 10.7. The summed E-state index contributed by atoms with van der Waals surface area (Å²) in [5.74, 6) is -0.0110. The lowest BCUT2D eigenvalue weighted by molar-refractivity contribution is -0.121. The number of fused-ring (bicyclic) bond motifs is 1. The Morgan fingerprint density at radius 3 is 2.83 bits per heavy atom. The molecule has 6 nitrogen and oxygen atoms in total. The number of aromatic amines is 2. The van der Waals surface area contributed by atoms with Crippen molar-refractivity contribution < 1.29 is 4.79 Å². The minimum atomic E-state index is -0.228. The highest BCUT2D eigenvalue weighted by Gasteiger charge is 2.02. The van der Waals surface area contributed by atoms with E-state index in [4.69, 9.17) is 5.73 Å². The number of nitrogens with two attached hydrogens (primary N) is 1. The van der Waals surface area contributed by atoms with Crippen molar-refractivity contribution in [1.29, 1.82) is 0 Å². The molecule has 6 heteroatoms. The molecule has 0 saturated heterocycles. The van der Waals surface area contributed by atoms with Gasteiger partial charge in [-0.2, -0.15) is 0 Å². The van der Waals surface area contributed by atoms with Crippen LogP contribution >= 0.6 is 0 Å². The Morgan fingerprint density at radius 2 is 2.06 bits per heavy atom. The molecule has 96 valence electrons. The van der Waals surface area contributed by atoms with E-state index in [1.54, 1.807) is 0 Å². The second kappa shape index (κ2) is 5.50. The largest absolute Gasteiger partial charge is 0.352 e. The van der Waals surface area contributed by atoms with E-state index >= 15 is 0 Å². The third-order valence-electron chi connectivity index (χ3n) is 2.68. The van der Waals surface area contributed by atoms with Crippen LogP contribution in [-0.2, 0) is 11.3 Å². The standard InChI is InChI=1S/C12H16N4O2/c13-5-1-2-11(17)14-7-8-3-4-9-10(6-8)16-12(18)15-9/h3-4,6H,1-2,5,7,13H2,(H,14,17)(H2,15,16,18). The molecular formula is C12H16N4O2. The zero-order valence-corrected chi connectivity index (χ0v) is 9.95. The number of carbonyl (C=O) groups excluding carboxylic acids is 1. The molecule has 18 heavy (non-hydrogen) atoms. The van der Waals surface area contributed by atoms with Gasteiger partial charge in [0.05, 0.1) is 11.0 Å². The summed E-state index contributed by atoms with van der Waals surface area (Å²) in [5, 5.41) is 2.81. The second-order valence-corrected chi connectivity index (χ2v) is 4.13. The lowest BCUT2D eigenvalue weighted by Crippen LogP contribution is -2.23. The quantitative estimate of drug-likeness (QED) is 0.608. The Labute approximate surface area is 104 Å². The van der Waals surface area contributed by atoms with Crippen molar-refractivity contribution in [2.24, 2.45) is 5.73 Å². The number of carbonyl (C=O) groups is 1. The summed E-state index contributed by atoms with van der Waals surface area (Å²) in [6.45, 7) is 0.969. The molecule has 1 aromatic carbocycles. The van der Waals surface area contributed by atoms with Gasteiger partial charge in [0.25, 0.3) is 0 Å². The molecule has 0 aliphatic rings. The lowest BCUT2D eigenvalue weighted by atomic mass is 10.2. The third kappa shape index (κ3) is 2.98. The van der Waals surface area contributed by atoms with Crippen molar-refractivity contribution >= 4 is 16.9 Å². The fourth-order valence-corrected chi connectivity index (χ4v) is 1.74. The summed E-state index contributed by atoms with van der Waals surface area (Å²) in [6.07, 6.45) is 1.13. The molecule has 0 fully saturated rings. The van der Waals surface area contributed by atoms with Crippen LogP contribution in [0.5, 0.6) is 0 Å². The highest BCUT2D eigenvalue weighted by molar-refractivity contribution is 5.77. The number of hydrogen-bond acceptors (Lipinski definition) is 3. The molecule has 1 aromatic heterocycles. The van der Waals surface area contributed by atoms with Gasteiger partial charge in [-0.3, -0.25) is 4.79 Å². The molecule has 0 bridgehead atoms. The van der Waals surface area contributed by atoms with Crippen LogP contribution in [0.2, 0.25) is 0 Å². The van der Waals surface area contributed by atoms with Gasteiger partial charge >= 0.3 is 5.69 Å². The first-order valence-corrected chi connectivity index (χ1v) is 5.87. The predicted octanol–water partition coefficient (Wildman–Crippen LogP) is 0.211. The Morgan fingerprint density at radius 1 is 1.28 bits per heavy atom. The summed E-state index contributed by atoms with van der Waals surface area (Å²) in [7, 11) is 0. The molecule has 2 aromatic rings. The number of hydrogen-bond donors (Lipinski definition) is 4. The zero-order chi connectivity index (χ0) is 13.0. The van der Waals surface area contributed by atoms with Crippen molar-refractivity contribution in [2.75, 3.05) is 6.54 Å². The van der Waals surface area contributed by atoms with Crippen LogP contribution in [0.4, 0.5) is 0 Å². The minimum Gasteiger partial charge on any atom is -0.352 e. The van der Waals surface area contributed by atoms with Gasteiger partial charge in [-0.25, -0.2) is 4.79 Å². The van der Waals surface area contributed by atoms with Crippen molar-refractivity contribution in [3.63, 3.8) is 0 Å². The van der Waals surface area contributed by atoms with Crippen LogP contribution in [0.3, 0.4) is 0 Å². The molecule has 0 saturated carbocycles. The number of imidazole rings is 1. The van der Waals surface area contributed by atoms with Gasteiger partial charge in [-0.1, -0.05) is 6.07 Å². The number of benzene rings is 1. The van der Waals surface area contributed by atoms with E-state index in [2.05, 4.69) is 15.3 Å². The van der Waals surface area contributed by atoms with E-state index in [1.807, 2.05) is 18.2 Å². The average molecular weight is 248 g/mol. The summed E-state index contributed by atoms with van der Waals surface area (Å²) in [6, 6.07) is 5.53. The van der Waals surface area contributed by atoms with Crippen molar-refractivity contribution in [1.82, 2.24) is 15.3 Å². The Hall–Kier alpha value is -2.08. The van der Waals surface area contributed by atoms with E-state index in [0.717, 1.165) is 16.6 Å². The molecule has 0 aliphatic heterocycles. The van der Waals surface area contributed by atoms with Crippen molar-refractivity contribution in [3.05, 3.63) is 34.2 Å². The topological polar surface area (TPSA) is 104 Å². The average Bonchev–Trinajstić information content (AvgIpc) is 2.73. The van der Waals surface area contributed by atoms with Crippen molar-refractivity contribution in [3.8, 4) is 0 Å². The maximum atomic E-state index is 11.4. The van der Waals surface area contributed by atoms with Crippen LogP contribution in [0.1, 0.15) is 18.4 Å².